The predicted molar refractivity (Wildman–Crippen MR) is 98.3 cm³/mol. The van der Waals surface area contributed by atoms with Gasteiger partial charge in [0.2, 0.25) is 0 Å². The second-order valence-electron chi connectivity index (χ2n) is 5.97. The lowest BCUT2D eigenvalue weighted by atomic mass is 9.95. The third-order valence-corrected chi connectivity index (χ3v) is 5.72. The van der Waals surface area contributed by atoms with Crippen molar-refractivity contribution in [1.82, 2.24) is 10.6 Å². The van der Waals surface area contributed by atoms with Gasteiger partial charge in [0.1, 0.15) is 5.75 Å². The van der Waals surface area contributed by atoms with Gasteiger partial charge in [-0.1, -0.05) is 6.92 Å². The second-order valence-corrected chi connectivity index (χ2v) is 7.02. The van der Waals surface area contributed by atoms with E-state index in [-0.39, 0.29) is 24.4 Å². The smallest absolute Gasteiger partial charge is 0.261 e. The highest BCUT2D eigenvalue weighted by Crippen LogP contribution is 2.33. The lowest BCUT2D eigenvalue weighted by Gasteiger charge is -2.30. The fourth-order valence-electron chi connectivity index (χ4n) is 3.01. The summed E-state index contributed by atoms with van der Waals surface area (Å²) in [5, 5.41) is 7.68. The number of aryl methyl sites for hydroxylation is 1. The number of hydrogen-bond donors (Lipinski definition) is 2. The maximum atomic E-state index is 12.7. The van der Waals surface area contributed by atoms with Gasteiger partial charge >= 0.3 is 0 Å². The monoisotopic (exact) mass is 354 g/mol. The van der Waals surface area contributed by atoms with Gasteiger partial charge < -0.3 is 15.4 Å². The minimum Gasteiger partial charge on any atom is -0.497 e. The van der Waals surface area contributed by atoms with Crippen LogP contribution in [0.2, 0.25) is 0 Å². The molecule has 1 aromatic carbocycles. The van der Waals surface area contributed by atoms with E-state index in [1.165, 1.54) is 0 Å². The molecule has 2 N–H and O–H groups in total. The molecule has 0 bridgehead atoms. The highest BCUT2D eigenvalue weighted by Gasteiger charge is 2.25. The number of piperidine rings is 1. The van der Waals surface area contributed by atoms with Gasteiger partial charge in [0.05, 0.1) is 12.0 Å². The second kappa shape index (κ2) is 7.51. The molecular formula is C17H23ClN2O2S. The Morgan fingerprint density at radius 3 is 2.91 bits per heavy atom. The predicted octanol–water partition coefficient (Wildman–Crippen LogP) is 3.37. The van der Waals surface area contributed by atoms with Crippen LogP contribution in [0.15, 0.2) is 18.2 Å². The fraction of sp³-hybridized carbons (Fsp3) is 0.471. The summed E-state index contributed by atoms with van der Waals surface area (Å²) >= 11 is 1.56. The summed E-state index contributed by atoms with van der Waals surface area (Å²) in [7, 11) is 1.66. The molecule has 0 aliphatic carbocycles. The third kappa shape index (κ3) is 3.62. The molecule has 0 saturated carbocycles. The number of benzene rings is 1. The van der Waals surface area contributed by atoms with Gasteiger partial charge in [-0.3, -0.25) is 4.79 Å². The van der Waals surface area contributed by atoms with Crippen molar-refractivity contribution in [2.45, 2.75) is 26.3 Å². The first-order chi connectivity index (χ1) is 10.6. The molecule has 4 nitrogen and oxygen atoms in total. The molecule has 0 spiro atoms. The van der Waals surface area contributed by atoms with E-state index in [0.29, 0.717) is 5.92 Å². The van der Waals surface area contributed by atoms with Crippen LogP contribution in [0.25, 0.3) is 10.1 Å². The molecule has 3 rings (SSSR count). The number of methoxy groups -OCH3 is 1. The number of carbonyl (C=O) groups is 1. The molecule has 1 amide bonds. The Morgan fingerprint density at radius 2 is 2.22 bits per heavy atom. The number of amides is 1. The van der Waals surface area contributed by atoms with Gasteiger partial charge in [-0.2, -0.15) is 0 Å². The van der Waals surface area contributed by atoms with E-state index in [2.05, 4.69) is 17.6 Å². The Bertz CT molecular complexity index is 701. The topological polar surface area (TPSA) is 50.4 Å². The Labute approximate surface area is 147 Å². The molecule has 6 heteroatoms. The van der Waals surface area contributed by atoms with Crippen molar-refractivity contribution in [2.24, 2.45) is 5.92 Å². The van der Waals surface area contributed by atoms with Crippen LogP contribution >= 0.6 is 23.7 Å². The molecule has 1 fully saturated rings. The van der Waals surface area contributed by atoms with Crippen LogP contribution in [0.5, 0.6) is 5.75 Å². The highest BCUT2D eigenvalue weighted by atomic mass is 35.5. The average molecular weight is 355 g/mol. The van der Waals surface area contributed by atoms with Crippen molar-refractivity contribution in [3.8, 4) is 5.75 Å². The quantitative estimate of drug-likeness (QED) is 0.888. The Morgan fingerprint density at radius 1 is 1.43 bits per heavy atom. The Kier molecular flexibility index (Phi) is 5.89. The number of rotatable bonds is 3. The maximum Gasteiger partial charge on any atom is 0.261 e. The molecule has 1 aliphatic heterocycles. The number of halogens is 1. The zero-order valence-corrected chi connectivity index (χ0v) is 15.3. The standard InChI is InChI=1S/C17H22N2O2S.ClH/c1-10-9-18-7-6-14(10)19-17(20)16-11(2)13-8-12(21-3)4-5-15(13)22-16;/h4-5,8,10,14,18H,6-7,9H2,1-3H3,(H,19,20);1H. The Balaban J connectivity index is 0.00000192. The van der Waals surface area contributed by atoms with E-state index in [1.54, 1.807) is 18.4 Å². The summed E-state index contributed by atoms with van der Waals surface area (Å²) in [4.78, 5) is 13.5. The van der Waals surface area contributed by atoms with E-state index in [1.807, 2.05) is 25.1 Å². The summed E-state index contributed by atoms with van der Waals surface area (Å²) in [6.45, 7) is 6.13. The van der Waals surface area contributed by atoms with Crippen LogP contribution < -0.4 is 15.4 Å². The number of thiophene rings is 1. The maximum absolute atomic E-state index is 12.7. The Hall–Kier alpha value is -1.30. The van der Waals surface area contributed by atoms with Gasteiger partial charge in [0, 0.05) is 10.7 Å². The molecule has 23 heavy (non-hydrogen) atoms. The molecule has 2 aromatic rings. The van der Waals surface area contributed by atoms with E-state index in [4.69, 9.17) is 4.74 Å². The zero-order valence-electron chi connectivity index (χ0n) is 13.6. The first kappa shape index (κ1) is 18.0. The number of carbonyl (C=O) groups excluding carboxylic acids is 1. The largest absolute Gasteiger partial charge is 0.497 e. The van der Waals surface area contributed by atoms with E-state index >= 15 is 0 Å². The summed E-state index contributed by atoms with van der Waals surface area (Å²) in [5.41, 5.74) is 1.04. The first-order valence-electron chi connectivity index (χ1n) is 7.69. The molecule has 1 saturated heterocycles. The normalized spacial score (nSPS) is 20.8. The fourth-order valence-corrected chi connectivity index (χ4v) is 4.10. The van der Waals surface area contributed by atoms with Gasteiger partial charge in [-0.25, -0.2) is 0 Å². The van der Waals surface area contributed by atoms with Gasteiger partial charge in [-0.05, 0) is 61.5 Å². The van der Waals surface area contributed by atoms with Gasteiger partial charge in [-0.15, -0.1) is 23.7 Å². The number of ether oxygens (including phenoxy) is 1. The molecule has 2 unspecified atom stereocenters. The van der Waals surface area contributed by atoms with Crippen molar-refractivity contribution < 1.29 is 9.53 Å². The average Bonchev–Trinajstić information content (AvgIpc) is 2.86. The van der Waals surface area contributed by atoms with E-state index < -0.39 is 0 Å². The van der Waals surface area contributed by atoms with Gasteiger partial charge in [0.15, 0.2) is 0 Å². The molecule has 0 radical (unpaired) electrons. The summed E-state index contributed by atoms with van der Waals surface area (Å²) < 4.78 is 6.41. The molecule has 1 aliphatic rings. The van der Waals surface area contributed by atoms with Crippen molar-refractivity contribution in [2.75, 3.05) is 20.2 Å². The number of fused-ring (bicyclic) bond motifs is 1. The lowest BCUT2D eigenvalue weighted by Crippen LogP contribution is -2.48. The van der Waals surface area contributed by atoms with Crippen LogP contribution in [-0.4, -0.2) is 32.1 Å². The van der Waals surface area contributed by atoms with Gasteiger partial charge in [0.25, 0.3) is 5.91 Å². The van der Waals surface area contributed by atoms with E-state index in [9.17, 15) is 4.79 Å². The zero-order chi connectivity index (χ0) is 15.7. The number of hydrogen-bond acceptors (Lipinski definition) is 4. The lowest BCUT2D eigenvalue weighted by molar-refractivity contribution is 0.0918. The van der Waals surface area contributed by atoms with E-state index in [0.717, 1.165) is 45.8 Å². The third-order valence-electron chi connectivity index (χ3n) is 4.45. The highest BCUT2D eigenvalue weighted by molar-refractivity contribution is 7.21. The number of nitrogens with one attached hydrogen (secondary N) is 2. The molecule has 2 atom stereocenters. The summed E-state index contributed by atoms with van der Waals surface area (Å²) in [6.07, 6.45) is 0.991. The van der Waals surface area contributed by atoms with Crippen molar-refractivity contribution in [1.29, 1.82) is 0 Å². The minimum atomic E-state index is 0. The summed E-state index contributed by atoms with van der Waals surface area (Å²) in [5.74, 6) is 1.34. The molecule has 2 heterocycles. The minimum absolute atomic E-state index is 0. The SMILES string of the molecule is COc1ccc2sc(C(=O)NC3CCNCC3C)c(C)c2c1.Cl. The summed E-state index contributed by atoms with van der Waals surface area (Å²) in [6, 6.07) is 6.23. The van der Waals surface area contributed by atoms with Crippen molar-refractivity contribution in [3.63, 3.8) is 0 Å². The van der Waals surface area contributed by atoms with Crippen LogP contribution in [0.4, 0.5) is 0 Å². The molecular weight excluding hydrogens is 332 g/mol. The van der Waals surface area contributed by atoms with Crippen molar-refractivity contribution >= 4 is 39.7 Å². The van der Waals surface area contributed by atoms with Crippen molar-refractivity contribution in [3.05, 3.63) is 28.6 Å². The van der Waals surface area contributed by atoms with Crippen LogP contribution in [0.1, 0.15) is 28.6 Å². The first-order valence-corrected chi connectivity index (χ1v) is 8.50. The van der Waals surface area contributed by atoms with Crippen LogP contribution in [0.3, 0.4) is 0 Å². The molecule has 126 valence electrons. The molecule has 1 aromatic heterocycles. The van der Waals surface area contributed by atoms with Crippen LogP contribution in [0, 0.1) is 12.8 Å². The van der Waals surface area contributed by atoms with Crippen LogP contribution in [-0.2, 0) is 0 Å².